The molecule has 0 bridgehead atoms. The Morgan fingerprint density at radius 1 is 1.28 bits per heavy atom. The third-order valence-electron chi connectivity index (χ3n) is 3.98. The molecule has 0 spiro atoms. The largest absolute Gasteiger partial charge is 0.385 e. The van der Waals surface area contributed by atoms with Crippen molar-refractivity contribution in [2.24, 2.45) is 5.73 Å². The van der Waals surface area contributed by atoms with E-state index in [1.165, 1.54) is 0 Å². The van der Waals surface area contributed by atoms with Gasteiger partial charge in [-0.15, -0.1) is 0 Å². The van der Waals surface area contributed by atoms with Gasteiger partial charge in [0.2, 0.25) is 0 Å². The molecule has 108 valence electrons. The van der Waals surface area contributed by atoms with Gasteiger partial charge in [0, 0.05) is 47.1 Å². The first-order chi connectivity index (χ1) is 8.71. The van der Waals surface area contributed by atoms with Gasteiger partial charge in [0.1, 0.15) is 0 Å². The van der Waals surface area contributed by atoms with Crippen LogP contribution >= 0.6 is 0 Å². The van der Waals surface area contributed by atoms with E-state index in [1.807, 2.05) is 0 Å². The zero-order valence-electron chi connectivity index (χ0n) is 12.0. The summed E-state index contributed by atoms with van der Waals surface area (Å²) in [5.74, 6) is 0. The monoisotopic (exact) mass is 260 g/mol. The highest BCUT2D eigenvalue weighted by Gasteiger charge is 2.44. The lowest BCUT2D eigenvalue weighted by Crippen LogP contribution is -2.59. The predicted molar refractivity (Wildman–Crippen MR) is 71.8 cm³/mol. The topological polar surface area (TPSA) is 57.0 Å². The second-order valence-corrected chi connectivity index (χ2v) is 4.90. The fourth-order valence-corrected chi connectivity index (χ4v) is 2.74. The van der Waals surface area contributed by atoms with E-state index in [-0.39, 0.29) is 11.6 Å². The Labute approximate surface area is 111 Å². The van der Waals surface area contributed by atoms with Crippen molar-refractivity contribution in [3.05, 3.63) is 0 Å². The van der Waals surface area contributed by atoms with E-state index in [1.54, 1.807) is 14.2 Å². The summed E-state index contributed by atoms with van der Waals surface area (Å²) in [6, 6.07) is 0. The van der Waals surface area contributed by atoms with Crippen molar-refractivity contribution in [3.8, 4) is 0 Å². The molecule has 1 aliphatic heterocycles. The van der Waals surface area contributed by atoms with E-state index in [9.17, 15) is 0 Å². The Balaban J connectivity index is 2.65. The summed E-state index contributed by atoms with van der Waals surface area (Å²) in [6.45, 7) is 6.92. The standard InChI is InChI=1S/C13H28N2O3/c1-12-13(11-14,5-9-18-12)15(7-10-17-3)6-4-8-16-2/h12H,4-11,14H2,1-3H3. The third-order valence-corrected chi connectivity index (χ3v) is 3.98. The molecule has 0 aromatic carbocycles. The number of rotatable bonds is 9. The van der Waals surface area contributed by atoms with Crippen molar-refractivity contribution < 1.29 is 14.2 Å². The number of nitrogens with zero attached hydrogens (tertiary/aromatic N) is 1. The Bertz CT molecular complexity index is 228. The molecule has 0 aromatic heterocycles. The molecule has 0 saturated carbocycles. The molecule has 2 unspecified atom stereocenters. The number of nitrogens with two attached hydrogens (primary N) is 1. The van der Waals surface area contributed by atoms with Gasteiger partial charge < -0.3 is 19.9 Å². The third kappa shape index (κ3) is 3.65. The molecule has 1 aliphatic rings. The molecular formula is C13H28N2O3. The molecule has 5 heteroatoms. The van der Waals surface area contributed by atoms with Crippen molar-refractivity contribution in [2.75, 3.05) is 53.7 Å². The Hall–Kier alpha value is -0.200. The highest BCUT2D eigenvalue weighted by molar-refractivity contribution is 5.00. The second-order valence-electron chi connectivity index (χ2n) is 4.90. The van der Waals surface area contributed by atoms with Crippen LogP contribution in [0.4, 0.5) is 0 Å². The molecule has 1 rings (SSSR count). The van der Waals surface area contributed by atoms with Gasteiger partial charge in [-0.1, -0.05) is 0 Å². The van der Waals surface area contributed by atoms with Crippen molar-refractivity contribution in [1.29, 1.82) is 0 Å². The zero-order valence-corrected chi connectivity index (χ0v) is 12.0. The lowest BCUT2D eigenvalue weighted by molar-refractivity contribution is -0.00136. The van der Waals surface area contributed by atoms with E-state index in [0.717, 1.165) is 45.8 Å². The van der Waals surface area contributed by atoms with Crippen molar-refractivity contribution >= 4 is 0 Å². The molecule has 5 nitrogen and oxygen atoms in total. The van der Waals surface area contributed by atoms with Gasteiger partial charge in [-0.05, 0) is 19.8 Å². The molecule has 0 aliphatic carbocycles. The first-order valence-corrected chi connectivity index (χ1v) is 6.76. The first-order valence-electron chi connectivity index (χ1n) is 6.76. The van der Waals surface area contributed by atoms with Crippen LogP contribution in [0.3, 0.4) is 0 Å². The van der Waals surface area contributed by atoms with Gasteiger partial charge in [0.05, 0.1) is 18.2 Å². The van der Waals surface area contributed by atoms with Crippen LogP contribution in [0.2, 0.25) is 0 Å². The molecular weight excluding hydrogens is 232 g/mol. The minimum absolute atomic E-state index is 0.0354. The molecule has 1 saturated heterocycles. The van der Waals surface area contributed by atoms with Crippen LogP contribution in [-0.2, 0) is 14.2 Å². The van der Waals surface area contributed by atoms with Crippen LogP contribution in [-0.4, -0.2) is 70.2 Å². The molecule has 1 fully saturated rings. The lowest BCUT2D eigenvalue weighted by atomic mass is 9.89. The molecule has 2 N–H and O–H groups in total. The molecule has 0 radical (unpaired) electrons. The Kier molecular flexibility index (Phi) is 7.11. The quantitative estimate of drug-likeness (QED) is 0.611. The lowest BCUT2D eigenvalue weighted by Gasteiger charge is -2.42. The first kappa shape index (κ1) is 15.9. The number of hydrogen-bond donors (Lipinski definition) is 1. The fraction of sp³-hybridized carbons (Fsp3) is 1.00. The molecule has 0 amide bonds. The average molecular weight is 260 g/mol. The van der Waals surface area contributed by atoms with Crippen LogP contribution in [0.15, 0.2) is 0 Å². The van der Waals surface area contributed by atoms with E-state index < -0.39 is 0 Å². The second kappa shape index (κ2) is 8.07. The highest BCUT2D eigenvalue weighted by atomic mass is 16.5. The summed E-state index contributed by atoms with van der Waals surface area (Å²) in [5.41, 5.74) is 6.01. The Morgan fingerprint density at radius 3 is 2.50 bits per heavy atom. The van der Waals surface area contributed by atoms with Crippen molar-refractivity contribution in [2.45, 2.75) is 31.4 Å². The maximum absolute atomic E-state index is 6.04. The number of methoxy groups -OCH3 is 2. The van der Waals surface area contributed by atoms with E-state index in [4.69, 9.17) is 19.9 Å². The Morgan fingerprint density at radius 2 is 2.00 bits per heavy atom. The van der Waals surface area contributed by atoms with Crippen molar-refractivity contribution in [3.63, 3.8) is 0 Å². The minimum atomic E-state index is -0.0354. The van der Waals surface area contributed by atoms with E-state index in [0.29, 0.717) is 6.54 Å². The highest BCUT2D eigenvalue weighted by Crippen LogP contribution is 2.31. The predicted octanol–water partition coefficient (Wildman–Crippen LogP) is 0.478. The van der Waals surface area contributed by atoms with E-state index in [2.05, 4.69) is 11.8 Å². The van der Waals surface area contributed by atoms with Gasteiger partial charge in [-0.3, -0.25) is 4.90 Å². The zero-order chi connectivity index (χ0) is 13.4. The van der Waals surface area contributed by atoms with E-state index >= 15 is 0 Å². The summed E-state index contributed by atoms with van der Waals surface area (Å²) in [4.78, 5) is 2.42. The van der Waals surface area contributed by atoms with Crippen LogP contribution < -0.4 is 5.73 Å². The number of ether oxygens (including phenoxy) is 3. The molecule has 2 atom stereocenters. The maximum Gasteiger partial charge on any atom is 0.0743 e. The fourth-order valence-electron chi connectivity index (χ4n) is 2.74. The van der Waals surface area contributed by atoms with Gasteiger partial charge >= 0.3 is 0 Å². The summed E-state index contributed by atoms with van der Waals surface area (Å²) in [7, 11) is 3.47. The maximum atomic E-state index is 6.04. The summed E-state index contributed by atoms with van der Waals surface area (Å²) < 4.78 is 16.1. The van der Waals surface area contributed by atoms with Gasteiger partial charge in [0.25, 0.3) is 0 Å². The van der Waals surface area contributed by atoms with Gasteiger partial charge in [-0.25, -0.2) is 0 Å². The summed E-state index contributed by atoms with van der Waals surface area (Å²) in [5, 5.41) is 0. The summed E-state index contributed by atoms with van der Waals surface area (Å²) >= 11 is 0. The van der Waals surface area contributed by atoms with Gasteiger partial charge in [0.15, 0.2) is 0 Å². The van der Waals surface area contributed by atoms with Crippen LogP contribution in [0.1, 0.15) is 19.8 Å². The minimum Gasteiger partial charge on any atom is -0.385 e. The normalized spacial score (nSPS) is 28.2. The molecule has 0 aromatic rings. The smallest absolute Gasteiger partial charge is 0.0743 e. The van der Waals surface area contributed by atoms with Crippen LogP contribution in [0.25, 0.3) is 0 Å². The van der Waals surface area contributed by atoms with Crippen LogP contribution in [0, 0.1) is 0 Å². The molecule has 18 heavy (non-hydrogen) atoms. The molecule has 1 heterocycles. The summed E-state index contributed by atoms with van der Waals surface area (Å²) in [6.07, 6.45) is 2.19. The average Bonchev–Trinajstić information content (AvgIpc) is 2.76. The van der Waals surface area contributed by atoms with Crippen molar-refractivity contribution in [1.82, 2.24) is 4.90 Å². The van der Waals surface area contributed by atoms with Crippen LogP contribution in [0.5, 0.6) is 0 Å². The van der Waals surface area contributed by atoms with Gasteiger partial charge in [-0.2, -0.15) is 0 Å². The number of hydrogen-bond acceptors (Lipinski definition) is 5. The SMILES string of the molecule is COCCCN(CCOC)C1(CN)CCOC1C.